The van der Waals surface area contributed by atoms with E-state index in [9.17, 15) is 4.79 Å². The molecule has 0 spiro atoms. The molecule has 1 amide bonds. The Balaban J connectivity index is 1.55. The molecule has 3 heterocycles. The minimum atomic E-state index is -0.456. The maximum Gasteiger partial charge on any atom is 0.291 e. The van der Waals surface area contributed by atoms with Crippen molar-refractivity contribution in [1.82, 2.24) is 9.97 Å². The lowest BCUT2D eigenvalue weighted by Crippen LogP contribution is -2.22. The number of rotatable bonds is 9. The molecule has 9 nitrogen and oxygen atoms in total. The van der Waals surface area contributed by atoms with E-state index >= 15 is 0 Å². The monoisotopic (exact) mass is 508 g/mol. The van der Waals surface area contributed by atoms with Crippen molar-refractivity contribution in [2.75, 3.05) is 31.4 Å². The largest absolute Gasteiger partial charge is 0.479 e. The van der Waals surface area contributed by atoms with Crippen molar-refractivity contribution in [2.24, 2.45) is 0 Å². The number of carbonyl (C=O) groups is 1. The standard InChI is InChI=1S/C28H36N4O5/c1-9-12-29-26-31-24(34-7)22(25(32-26)35-8)30-23(33)21-11-10-18(36-21)14-17-15-20-19(13-16(17)2)27(3,4)37-28(20,5)6/h10-11,13,15H,9,12,14H2,1-8H3,(H,30,33)(H,29,31,32). The van der Waals surface area contributed by atoms with Crippen LogP contribution in [0.1, 0.15) is 79.6 Å². The topological polar surface area (TPSA) is 108 Å². The van der Waals surface area contributed by atoms with E-state index in [2.05, 4.69) is 67.4 Å². The zero-order chi connectivity index (χ0) is 27.0. The van der Waals surface area contributed by atoms with E-state index < -0.39 is 5.91 Å². The third-order valence-corrected chi connectivity index (χ3v) is 6.53. The van der Waals surface area contributed by atoms with Gasteiger partial charge in [0.2, 0.25) is 17.7 Å². The number of carbonyl (C=O) groups excluding carboxylic acids is 1. The predicted octanol–water partition coefficient (Wildman–Crippen LogP) is 5.56. The molecule has 0 saturated carbocycles. The lowest BCUT2D eigenvalue weighted by molar-refractivity contribution is -0.105. The van der Waals surface area contributed by atoms with Crippen LogP contribution >= 0.6 is 0 Å². The van der Waals surface area contributed by atoms with Crippen LogP contribution in [0.2, 0.25) is 0 Å². The molecule has 0 saturated heterocycles. The molecule has 2 N–H and O–H groups in total. The molecule has 0 fully saturated rings. The smallest absolute Gasteiger partial charge is 0.291 e. The van der Waals surface area contributed by atoms with Crippen molar-refractivity contribution in [1.29, 1.82) is 0 Å². The van der Waals surface area contributed by atoms with Crippen molar-refractivity contribution in [3.8, 4) is 11.8 Å². The Bertz CT molecular complexity index is 1290. The first kappa shape index (κ1) is 26.5. The van der Waals surface area contributed by atoms with Gasteiger partial charge in [-0.05, 0) is 75.4 Å². The van der Waals surface area contributed by atoms with Gasteiger partial charge in [-0.25, -0.2) is 0 Å². The molecule has 37 heavy (non-hydrogen) atoms. The molecule has 1 aliphatic rings. The van der Waals surface area contributed by atoms with E-state index in [1.165, 1.54) is 25.3 Å². The van der Waals surface area contributed by atoms with Crippen molar-refractivity contribution in [3.63, 3.8) is 0 Å². The lowest BCUT2D eigenvalue weighted by atomic mass is 9.86. The second-order valence-corrected chi connectivity index (χ2v) is 10.2. The number of furan rings is 1. The molecular weight excluding hydrogens is 472 g/mol. The van der Waals surface area contributed by atoms with Gasteiger partial charge >= 0.3 is 0 Å². The Kier molecular flexibility index (Phi) is 7.19. The van der Waals surface area contributed by atoms with Gasteiger partial charge in [-0.3, -0.25) is 4.79 Å². The van der Waals surface area contributed by atoms with E-state index in [-0.39, 0.29) is 34.4 Å². The normalized spacial score (nSPS) is 15.2. The summed E-state index contributed by atoms with van der Waals surface area (Å²) in [6, 6.07) is 7.87. The Morgan fingerprint density at radius 1 is 1.00 bits per heavy atom. The van der Waals surface area contributed by atoms with E-state index in [4.69, 9.17) is 18.6 Å². The van der Waals surface area contributed by atoms with Crippen LogP contribution in [0, 0.1) is 6.92 Å². The molecule has 0 atom stereocenters. The lowest BCUT2D eigenvalue weighted by Gasteiger charge is -2.24. The van der Waals surface area contributed by atoms with Gasteiger partial charge in [-0.15, -0.1) is 0 Å². The summed E-state index contributed by atoms with van der Waals surface area (Å²) in [5.41, 5.74) is 4.18. The van der Waals surface area contributed by atoms with Crippen molar-refractivity contribution < 1.29 is 23.4 Å². The number of hydrogen-bond acceptors (Lipinski definition) is 8. The molecule has 1 aliphatic heterocycles. The number of aromatic nitrogens is 2. The van der Waals surface area contributed by atoms with E-state index in [1.807, 2.05) is 13.0 Å². The third-order valence-electron chi connectivity index (χ3n) is 6.53. The average Bonchev–Trinajstić information content (AvgIpc) is 3.38. The number of benzene rings is 1. The van der Waals surface area contributed by atoms with Crippen molar-refractivity contribution >= 4 is 17.5 Å². The van der Waals surface area contributed by atoms with E-state index in [0.29, 0.717) is 24.7 Å². The van der Waals surface area contributed by atoms with Gasteiger partial charge in [0.25, 0.3) is 5.91 Å². The number of aryl methyl sites for hydroxylation is 1. The summed E-state index contributed by atoms with van der Waals surface area (Å²) in [4.78, 5) is 21.7. The molecule has 4 rings (SSSR count). The minimum absolute atomic E-state index is 0.163. The number of anilines is 2. The van der Waals surface area contributed by atoms with Crippen LogP contribution in [0.15, 0.2) is 28.7 Å². The highest BCUT2D eigenvalue weighted by Gasteiger charge is 2.43. The second kappa shape index (κ2) is 10.0. The summed E-state index contributed by atoms with van der Waals surface area (Å²) in [6.07, 6.45) is 1.46. The van der Waals surface area contributed by atoms with Crippen LogP contribution < -0.4 is 20.1 Å². The fraction of sp³-hybridized carbons (Fsp3) is 0.464. The summed E-state index contributed by atoms with van der Waals surface area (Å²) < 4.78 is 23.0. The second-order valence-electron chi connectivity index (χ2n) is 10.2. The van der Waals surface area contributed by atoms with Gasteiger partial charge < -0.3 is 29.3 Å². The van der Waals surface area contributed by atoms with Gasteiger partial charge in [0.05, 0.1) is 25.4 Å². The quantitative estimate of drug-likeness (QED) is 0.387. The van der Waals surface area contributed by atoms with Crippen LogP contribution in [-0.2, 0) is 22.4 Å². The Morgan fingerprint density at radius 2 is 1.62 bits per heavy atom. The minimum Gasteiger partial charge on any atom is -0.479 e. The van der Waals surface area contributed by atoms with Gasteiger partial charge in [0.15, 0.2) is 11.4 Å². The highest BCUT2D eigenvalue weighted by Crippen LogP contribution is 2.47. The van der Waals surface area contributed by atoms with Gasteiger partial charge in [0, 0.05) is 13.0 Å². The van der Waals surface area contributed by atoms with Gasteiger partial charge in [0.1, 0.15) is 5.76 Å². The van der Waals surface area contributed by atoms with Crippen molar-refractivity contribution in [3.05, 3.63) is 58.0 Å². The summed E-state index contributed by atoms with van der Waals surface area (Å²) in [5, 5.41) is 5.86. The number of hydrogen-bond donors (Lipinski definition) is 2. The number of ether oxygens (including phenoxy) is 3. The first-order valence-electron chi connectivity index (χ1n) is 12.5. The van der Waals surface area contributed by atoms with Crippen LogP contribution in [0.3, 0.4) is 0 Å². The molecule has 0 aliphatic carbocycles. The van der Waals surface area contributed by atoms with Gasteiger partial charge in [-0.1, -0.05) is 19.1 Å². The molecule has 3 aromatic rings. The Morgan fingerprint density at radius 3 is 2.22 bits per heavy atom. The van der Waals surface area contributed by atoms with Crippen molar-refractivity contribution in [2.45, 2.75) is 65.6 Å². The predicted molar refractivity (Wildman–Crippen MR) is 142 cm³/mol. The zero-order valence-corrected chi connectivity index (χ0v) is 22.9. The molecule has 0 bridgehead atoms. The number of nitrogens with one attached hydrogen (secondary N) is 2. The number of methoxy groups -OCH3 is 2. The molecule has 198 valence electrons. The highest BCUT2D eigenvalue weighted by atomic mass is 16.5. The summed E-state index contributed by atoms with van der Waals surface area (Å²) in [6.45, 7) is 13.2. The molecule has 1 aromatic carbocycles. The number of amides is 1. The maximum atomic E-state index is 13.0. The zero-order valence-electron chi connectivity index (χ0n) is 22.9. The molecule has 2 aromatic heterocycles. The molecule has 0 radical (unpaired) electrons. The summed E-state index contributed by atoms with van der Waals surface area (Å²) in [7, 11) is 2.94. The first-order valence-corrected chi connectivity index (χ1v) is 12.5. The van der Waals surface area contributed by atoms with Crippen LogP contribution in [-0.4, -0.2) is 36.6 Å². The van der Waals surface area contributed by atoms with E-state index in [1.54, 1.807) is 6.07 Å². The number of nitrogens with zero attached hydrogens (tertiary/aromatic N) is 2. The van der Waals surface area contributed by atoms with Crippen LogP contribution in [0.4, 0.5) is 11.6 Å². The molecule has 0 unspecified atom stereocenters. The molecular formula is C28H36N4O5. The van der Waals surface area contributed by atoms with Gasteiger partial charge in [-0.2, -0.15) is 9.97 Å². The summed E-state index contributed by atoms with van der Waals surface area (Å²) in [5.74, 6) is 1.12. The Labute approximate surface area is 217 Å². The van der Waals surface area contributed by atoms with Crippen LogP contribution in [0.25, 0.3) is 0 Å². The SMILES string of the molecule is CCCNc1nc(OC)c(NC(=O)c2ccc(Cc3cc4c(cc3C)C(C)(C)OC4(C)C)o2)c(OC)n1. The molecule has 9 heteroatoms. The van der Waals surface area contributed by atoms with E-state index in [0.717, 1.165) is 17.5 Å². The maximum absolute atomic E-state index is 13.0. The fourth-order valence-corrected chi connectivity index (χ4v) is 4.78. The highest BCUT2D eigenvalue weighted by molar-refractivity contribution is 6.03. The number of fused-ring (bicyclic) bond motifs is 1. The average molecular weight is 509 g/mol. The Hall–Kier alpha value is -3.59. The first-order chi connectivity index (χ1) is 17.5. The third kappa shape index (κ3) is 5.27. The summed E-state index contributed by atoms with van der Waals surface area (Å²) >= 11 is 0. The van der Waals surface area contributed by atoms with Crippen LogP contribution in [0.5, 0.6) is 11.8 Å². The fourth-order valence-electron chi connectivity index (χ4n) is 4.78.